The molecule has 4 rings (SSSR count). The second kappa shape index (κ2) is 17.5. The summed E-state index contributed by atoms with van der Waals surface area (Å²) in [5, 5.41) is 11.1. The van der Waals surface area contributed by atoms with E-state index < -0.39 is 10.1 Å². The Labute approximate surface area is 297 Å². The van der Waals surface area contributed by atoms with Gasteiger partial charge in [-0.05, 0) is 123 Å². The van der Waals surface area contributed by atoms with Gasteiger partial charge in [-0.3, -0.25) is 11.6 Å². The molecule has 2 aromatic heterocycles. The van der Waals surface area contributed by atoms with Gasteiger partial charge in [-0.1, -0.05) is 46.5 Å². The minimum atomic E-state index is -3.80. The molecule has 45 heavy (non-hydrogen) atoms. The highest BCUT2D eigenvalue weighted by Gasteiger charge is 2.19. The van der Waals surface area contributed by atoms with Crippen LogP contribution in [0.2, 0.25) is 0 Å². The topological polar surface area (TPSA) is 213 Å². The molecule has 0 aliphatic heterocycles. The van der Waals surface area contributed by atoms with Gasteiger partial charge in [0, 0.05) is 6.92 Å². The molecule has 0 atom stereocenters. The van der Waals surface area contributed by atoms with Crippen molar-refractivity contribution in [2.45, 2.75) is 60.3 Å². The molecule has 17 heteroatoms. The molecule has 2 heterocycles. The lowest BCUT2D eigenvalue weighted by molar-refractivity contribution is -0.632. The first-order valence-corrected chi connectivity index (χ1v) is 17.4. The smallest absolute Gasteiger partial charge is 0.329 e. The van der Waals surface area contributed by atoms with Crippen molar-refractivity contribution in [3.05, 3.63) is 87.4 Å². The molecule has 0 spiro atoms. The van der Waals surface area contributed by atoms with Crippen LogP contribution in [0.15, 0.2) is 47.6 Å². The molecular weight excluding hydrogens is 864 g/mol. The monoisotopic (exact) mass is 896 g/mol. The van der Waals surface area contributed by atoms with E-state index in [9.17, 15) is 13.5 Å². The molecule has 0 fully saturated rings. The molecule has 0 saturated carbocycles. The zero-order chi connectivity index (χ0) is 35.0. The summed E-state index contributed by atoms with van der Waals surface area (Å²) in [5.74, 6) is 11.3. The maximum absolute atomic E-state index is 11.4. The number of nitrogens with two attached hydrogens (primary N) is 4. The van der Waals surface area contributed by atoms with Gasteiger partial charge >= 0.3 is 15.9 Å². The Kier molecular flexibility index (Phi) is 15.8. The molecule has 4 aromatic rings. The highest BCUT2D eigenvalue weighted by Crippen LogP contribution is 2.23. The van der Waals surface area contributed by atoms with Gasteiger partial charge in [0.2, 0.25) is 0 Å². The van der Waals surface area contributed by atoms with Crippen molar-refractivity contribution in [3.63, 3.8) is 0 Å². The number of aryl methyl sites for hydroxylation is 7. The molecule has 0 aliphatic carbocycles. The van der Waals surface area contributed by atoms with E-state index in [0.717, 1.165) is 33.6 Å². The fourth-order valence-electron chi connectivity index (χ4n) is 3.88. The molecule has 0 bridgehead atoms. The van der Waals surface area contributed by atoms with Crippen molar-refractivity contribution in [2.75, 3.05) is 17.3 Å². The Balaban J connectivity index is 0.000000303. The lowest BCUT2D eigenvalue weighted by atomic mass is 10.1. The Bertz CT molecular complexity index is 1670. The van der Waals surface area contributed by atoms with E-state index in [1.165, 1.54) is 4.68 Å². The normalized spacial score (nSPS) is 10.5. The summed E-state index contributed by atoms with van der Waals surface area (Å²) < 4.78 is 30.7. The van der Waals surface area contributed by atoms with Crippen LogP contribution in [-0.4, -0.2) is 23.4 Å². The first-order chi connectivity index (χ1) is 20.6. The average molecular weight is 900 g/mol. The summed E-state index contributed by atoms with van der Waals surface area (Å²) >= 11 is 12.8. The van der Waals surface area contributed by atoms with E-state index in [-0.39, 0.29) is 10.6 Å². The summed E-state index contributed by atoms with van der Waals surface area (Å²) in [7, 11) is -3.80. The van der Waals surface area contributed by atoms with Gasteiger partial charge in [0.05, 0.1) is 5.69 Å². The first kappa shape index (κ1) is 40.6. The molecule has 8 N–H and O–H groups in total. The van der Waals surface area contributed by atoms with Crippen molar-refractivity contribution >= 4 is 85.5 Å². The molecule has 2 aromatic carbocycles. The maximum Gasteiger partial charge on any atom is 0.329 e. The minimum Gasteiger partial charge on any atom is -0.872 e. The fraction of sp³-hybridized carbons (Fsp3) is 0.286. The van der Waals surface area contributed by atoms with Crippen molar-refractivity contribution in [3.8, 4) is 5.75 Å². The molecule has 0 saturated heterocycles. The zero-order valence-electron chi connectivity index (χ0n) is 26.0. The third kappa shape index (κ3) is 11.7. The van der Waals surface area contributed by atoms with Gasteiger partial charge in [-0.25, -0.2) is 15.0 Å². The van der Waals surface area contributed by atoms with E-state index in [0.29, 0.717) is 41.2 Å². The SMILES string of the molecule is Cc1c(Br)nc(Br)c(N)[n+]1N.Cc1cc(C)c(S(=O)(=O)ON)c(C)c1.Cc1cc(C)c([O-])c(C)c1.Cc1nc(N)c(Br)nc1Br. The largest absolute Gasteiger partial charge is 0.872 e. The summed E-state index contributed by atoms with van der Waals surface area (Å²) in [6.07, 6.45) is 0. The number of hydrogen-bond acceptors (Lipinski definition) is 11. The van der Waals surface area contributed by atoms with E-state index in [1.807, 2.05) is 53.7 Å². The van der Waals surface area contributed by atoms with Crippen LogP contribution in [-0.2, 0) is 14.4 Å². The van der Waals surface area contributed by atoms with Crippen molar-refractivity contribution in [2.24, 2.45) is 5.90 Å². The van der Waals surface area contributed by atoms with Crippen molar-refractivity contribution < 1.29 is 22.5 Å². The van der Waals surface area contributed by atoms with E-state index in [2.05, 4.69) is 83.0 Å². The number of rotatable bonds is 2. The molecule has 0 aliphatic rings. The Morgan fingerprint density at radius 2 is 1.13 bits per heavy atom. The summed E-state index contributed by atoms with van der Waals surface area (Å²) in [6.45, 7) is 14.7. The lowest BCUT2D eigenvalue weighted by Gasteiger charge is -2.14. The second-order valence-corrected chi connectivity index (χ2v) is 14.3. The second-order valence-electron chi connectivity index (χ2n) is 9.82. The molecule has 0 radical (unpaired) electrons. The highest BCUT2D eigenvalue weighted by atomic mass is 79.9. The van der Waals surface area contributed by atoms with Crippen LogP contribution in [0.3, 0.4) is 0 Å². The predicted molar refractivity (Wildman–Crippen MR) is 189 cm³/mol. The van der Waals surface area contributed by atoms with Crippen LogP contribution in [0.5, 0.6) is 5.75 Å². The van der Waals surface area contributed by atoms with Crippen molar-refractivity contribution in [1.82, 2.24) is 15.0 Å². The van der Waals surface area contributed by atoms with Gasteiger partial charge in [-0.15, -0.1) is 10.4 Å². The predicted octanol–water partition coefficient (Wildman–Crippen LogP) is 5.27. The molecular formula is C28H36Br4N8O4S. The number of benzene rings is 2. The van der Waals surface area contributed by atoms with Crippen LogP contribution in [0.1, 0.15) is 44.8 Å². The third-order valence-electron chi connectivity index (χ3n) is 5.91. The average Bonchev–Trinajstić information content (AvgIpc) is 2.93. The van der Waals surface area contributed by atoms with Crippen LogP contribution in [0, 0.1) is 55.4 Å². The van der Waals surface area contributed by atoms with Gasteiger partial charge < -0.3 is 10.8 Å². The maximum atomic E-state index is 11.4. The Morgan fingerprint density at radius 1 is 0.711 bits per heavy atom. The fourth-order valence-corrected chi connectivity index (χ4v) is 6.62. The van der Waals surface area contributed by atoms with Gasteiger partial charge in [0.1, 0.15) is 14.1 Å². The van der Waals surface area contributed by atoms with Crippen LogP contribution in [0.25, 0.3) is 0 Å². The number of nitrogens with zero attached hydrogens (tertiary/aromatic N) is 4. The molecule has 0 unspecified atom stereocenters. The zero-order valence-corrected chi connectivity index (χ0v) is 33.1. The van der Waals surface area contributed by atoms with E-state index in [1.54, 1.807) is 26.0 Å². The van der Waals surface area contributed by atoms with E-state index >= 15 is 0 Å². The van der Waals surface area contributed by atoms with Crippen LogP contribution < -0.4 is 33.0 Å². The Morgan fingerprint density at radius 3 is 1.56 bits per heavy atom. The van der Waals surface area contributed by atoms with Gasteiger partial charge in [0.15, 0.2) is 20.7 Å². The third-order valence-corrected chi connectivity index (χ3v) is 9.97. The summed E-state index contributed by atoms with van der Waals surface area (Å²) in [4.78, 5) is 12.2. The lowest BCUT2D eigenvalue weighted by Crippen LogP contribution is -2.50. The standard InChI is InChI=1S/C9H13NO3S.C9H12O.C5H6Br2N4.C5H5Br2N3/c1-6-4-7(2)9(8(3)5-6)14(11,12)13-10;1-6-4-7(2)9(10)8(3)5-6;1-2-3(6)10-4(7)5(8)11(2)9;1-2-3(6)10-4(7)5(8)9-2/h4-5H,10H2,1-3H3;4-5,10H,1-3H3;8H,9H2,1H3;1H3,(H2,8,9). The van der Waals surface area contributed by atoms with E-state index in [4.69, 9.17) is 23.2 Å². The molecule has 246 valence electrons. The molecule has 0 amide bonds. The Hall–Kier alpha value is -2.41. The number of hydrogen-bond donors (Lipinski definition) is 4. The molecule has 12 nitrogen and oxygen atoms in total. The van der Waals surface area contributed by atoms with Gasteiger partial charge in [-0.2, -0.15) is 18.6 Å². The summed E-state index contributed by atoms with van der Waals surface area (Å²) in [6, 6.07) is 7.38. The highest BCUT2D eigenvalue weighted by molar-refractivity contribution is 9.11. The van der Waals surface area contributed by atoms with Crippen LogP contribution in [0.4, 0.5) is 11.6 Å². The number of nitrogen functional groups attached to an aromatic ring is 3. The number of aromatic nitrogens is 4. The number of halogens is 4. The minimum absolute atomic E-state index is 0.158. The van der Waals surface area contributed by atoms with Crippen LogP contribution >= 0.6 is 63.7 Å². The summed E-state index contributed by atoms with van der Waals surface area (Å²) in [5.41, 5.74) is 17.7. The first-order valence-electron chi connectivity index (χ1n) is 12.8. The van der Waals surface area contributed by atoms with Gasteiger partial charge in [0.25, 0.3) is 0 Å². The van der Waals surface area contributed by atoms with Crippen molar-refractivity contribution in [1.29, 1.82) is 0 Å². The number of anilines is 2. The quantitative estimate of drug-likeness (QED) is 0.116.